The first-order valence-electron chi connectivity index (χ1n) is 10.8. The van der Waals surface area contributed by atoms with E-state index in [-0.39, 0.29) is 18.6 Å². The number of rotatable bonds is 13. The number of carboxylic acids is 1. The Hall–Kier alpha value is -3.42. The van der Waals surface area contributed by atoms with Crippen LogP contribution in [0.1, 0.15) is 18.2 Å². The fraction of sp³-hybridized carbons (Fsp3) is 0.409. The summed E-state index contributed by atoms with van der Waals surface area (Å²) in [5.41, 5.74) is 7.41. The molecule has 1 aromatic heterocycles. The maximum absolute atomic E-state index is 13.1. The van der Waals surface area contributed by atoms with Crippen molar-refractivity contribution in [3.05, 3.63) is 54.1 Å². The zero-order chi connectivity index (χ0) is 26.0. The van der Waals surface area contributed by atoms with Crippen LogP contribution in [-0.2, 0) is 32.0 Å². The molecule has 0 fully saturated rings. The number of imidazole rings is 1. The first-order chi connectivity index (χ1) is 16.6. The van der Waals surface area contributed by atoms with Crippen LogP contribution >= 0.6 is 12.6 Å². The van der Waals surface area contributed by atoms with Gasteiger partial charge in [-0.1, -0.05) is 30.3 Å². The van der Waals surface area contributed by atoms with Gasteiger partial charge in [0.2, 0.25) is 17.7 Å². The summed E-state index contributed by atoms with van der Waals surface area (Å²) in [6, 6.07) is 4.20. The van der Waals surface area contributed by atoms with E-state index in [9.17, 15) is 24.3 Å². The molecular formula is C22H30N6O6S. The number of carbonyl (C=O) groups excluding carboxylic acids is 3. The van der Waals surface area contributed by atoms with E-state index in [1.807, 2.05) is 30.3 Å². The molecule has 0 bridgehead atoms. The molecule has 0 aliphatic rings. The quantitative estimate of drug-likeness (QED) is 0.148. The number of hydrogen-bond acceptors (Lipinski definition) is 8. The summed E-state index contributed by atoms with van der Waals surface area (Å²) in [5, 5.41) is 26.4. The molecular weight excluding hydrogens is 476 g/mol. The number of nitrogens with two attached hydrogens (primary N) is 1. The molecule has 2 aromatic rings. The average molecular weight is 507 g/mol. The van der Waals surface area contributed by atoms with Crippen LogP contribution in [0.2, 0.25) is 0 Å². The van der Waals surface area contributed by atoms with E-state index >= 15 is 0 Å². The molecule has 35 heavy (non-hydrogen) atoms. The minimum atomic E-state index is -1.48. The first kappa shape index (κ1) is 27.8. The number of aliphatic hydroxyl groups excluding tert-OH is 1. The zero-order valence-electron chi connectivity index (χ0n) is 19.0. The van der Waals surface area contributed by atoms with Crippen molar-refractivity contribution in [2.45, 2.75) is 50.0 Å². The Kier molecular flexibility index (Phi) is 10.7. The van der Waals surface area contributed by atoms with Gasteiger partial charge in [-0.15, -0.1) is 0 Å². The lowest BCUT2D eigenvalue weighted by molar-refractivity contribution is -0.142. The number of nitrogens with one attached hydrogen (secondary N) is 4. The number of aliphatic carboxylic acids is 1. The van der Waals surface area contributed by atoms with Gasteiger partial charge in [0, 0.05) is 24.1 Å². The van der Waals surface area contributed by atoms with Gasteiger partial charge in [-0.05, 0) is 18.9 Å². The van der Waals surface area contributed by atoms with Crippen molar-refractivity contribution < 1.29 is 29.4 Å². The summed E-state index contributed by atoms with van der Waals surface area (Å²) in [6.45, 7) is 1.26. The smallest absolute Gasteiger partial charge is 0.327 e. The molecule has 5 atom stereocenters. The topological polar surface area (TPSA) is 200 Å². The van der Waals surface area contributed by atoms with Gasteiger partial charge in [0.25, 0.3) is 0 Å². The Balaban J connectivity index is 2.14. The SMILES string of the molecule is CC(O)C(NC(=O)C(Cc1cnc[nH]1)NC(=O)C(N)Cc1ccccc1)C(=O)NC(CS)C(=O)O. The number of thiol groups is 1. The zero-order valence-corrected chi connectivity index (χ0v) is 19.9. The largest absolute Gasteiger partial charge is 0.480 e. The van der Waals surface area contributed by atoms with Crippen molar-refractivity contribution in [1.29, 1.82) is 0 Å². The van der Waals surface area contributed by atoms with Crippen molar-refractivity contribution in [3.8, 4) is 0 Å². The van der Waals surface area contributed by atoms with Crippen molar-refractivity contribution in [2.24, 2.45) is 5.73 Å². The monoisotopic (exact) mass is 506 g/mol. The predicted octanol–water partition coefficient (Wildman–Crippen LogP) is -1.63. The summed E-state index contributed by atoms with van der Waals surface area (Å²) < 4.78 is 0. The molecule has 2 rings (SSSR count). The second kappa shape index (κ2) is 13.5. The van der Waals surface area contributed by atoms with Crippen LogP contribution < -0.4 is 21.7 Å². The number of hydrogen-bond donors (Lipinski definition) is 8. The highest BCUT2D eigenvalue weighted by Gasteiger charge is 2.32. The molecule has 5 unspecified atom stereocenters. The second-order valence-corrected chi connectivity index (χ2v) is 8.31. The highest BCUT2D eigenvalue weighted by Crippen LogP contribution is 2.05. The Morgan fingerprint density at radius 1 is 1.03 bits per heavy atom. The van der Waals surface area contributed by atoms with E-state index in [2.05, 4.69) is 38.5 Å². The summed E-state index contributed by atoms with van der Waals surface area (Å²) in [6.07, 6.45) is 1.75. The van der Waals surface area contributed by atoms with Gasteiger partial charge < -0.3 is 36.9 Å². The first-order valence-corrected chi connectivity index (χ1v) is 11.4. The van der Waals surface area contributed by atoms with Crippen LogP contribution in [0.3, 0.4) is 0 Å². The molecule has 1 aromatic carbocycles. The third-order valence-corrected chi connectivity index (χ3v) is 5.47. The molecule has 0 saturated carbocycles. The number of carbonyl (C=O) groups is 4. The minimum absolute atomic E-state index is 0.00182. The molecule has 1 heterocycles. The number of aromatic amines is 1. The molecule has 12 nitrogen and oxygen atoms in total. The average Bonchev–Trinajstić information content (AvgIpc) is 3.33. The Bertz CT molecular complexity index is 988. The maximum atomic E-state index is 13.1. The van der Waals surface area contributed by atoms with Gasteiger partial charge in [-0.3, -0.25) is 14.4 Å². The van der Waals surface area contributed by atoms with Crippen molar-refractivity contribution in [3.63, 3.8) is 0 Å². The van der Waals surface area contributed by atoms with Gasteiger partial charge >= 0.3 is 5.97 Å². The molecule has 0 spiro atoms. The third kappa shape index (κ3) is 8.70. The molecule has 0 aliphatic heterocycles. The lowest BCUT2D eigenvalue weighted by Crippen LogP contribution is -2.60. The molecule has 13 heteroatoms. The number of carboxylic acid groups (broad SMARTS) is 1. The normalized spacial score (nSPS) is 15.2. The van der Waals surface area contributed by atoms with Crippen LogP contribution in [-0.4, -0.2) is 79.9 Å². The lowest BCUT2D eigenvalue weighted by Gasteiger charge is -2.26. The summed E-state index contributed by atoms with van der Waals surface area (Å²) in [7, 11) is 0. The maximum Gasteiger partial charge on any atom is 0.327 e. The number of nitrogens with zero attached hydrogens (tertiary/aromatic N) is 1. The fourth-order valence-corrected chi connectivity index (χ4v) is 3.42. The van der Waals surface area contributed by atoms with Gasteiger partial charge in [0.05, 0.1) is 18.5 Å². The van der Waals surface area contributed by atoms with E-state index in [1.54, 1.807) is 0 Å². The van der Waals surface area contributed by atoms with Crippen LogP contribution in [0.5, 0.6) is 0 Å². The Labute approximate surface area is 207 Å². The van der Waals surface area contributed by atoms with E-state index in [1.165, 1.54) is 19.4 Å². The number of aromatic nitrogens is 2. The van der Waals surface area contributed by atoms with E-state index in [0.717, 1.165) is 5.56 Å². The van der Waals surface area contributed by atoms with E-state index in [4.69, 9.17) is 10.8 Å². The van der Waals surface area contributed by atoms with Gasteiger partial charge in [0.15, 0.2) is 0 Å². The molecule has 190 valence electrons. The lowest BCUT2D eigenvalue weighted by atomic mass is 10.0. The minimum Gasteiger partial charge on any atom is -0.480 e. The van der Waals surface area contributed by atoms with Crippen LogP contribution in [0.4, 0.5) is 0 Å². The highest BCUT2D eigenvalue weighted by atomic mass is 32.1. The van der Waals surface area contributed by atoms with E-state index < -0.39 is 54.0 Å². The summed E-state index contributed by atoms with van der Waals surface area (Å²) in [4.78, 5) is 56.3. The molecule has 0 radical (unpaired) electrons. The number of amides is 3. The van der Waals surface area contributed by atoms with Crippen LogP contribution in [0.15, 0.2) is 42.9 Å². The van der Waals surface area contributed by atoms with Crippen molar-refractivity contribution in [1.82, 2.24) is 25.9 Å². The van der Waals surface area contributed by atoms with Crippen LogP contribution in [0, 0.1) is 0 Å². The Morgan fingerprint density at radius 3 is 2.23 bits per heavy atom. The van der Waals surface area contributed by atoms with E-state index in [0.29, 0.717) is 5.69 Å². The highest BCUT2D eigenvalue weighted by molar-refractivity contribution is 7.80. The number of H-pyrrole nitrogens is 1. The molecule has 3 amide bonds. The van der Waals surface area contributed by atoms with Gasteiger partial charge in [-0.2, -0.15) is 12.6 Å². The van der Waals surface area contributed by atoms with Crippen molar-refractivity contribution >= 4 is 36.3 Å². The standard InChI is InChI=1S/C22H30N6O6S/c1-12(29)18(21(32)27-17(10-35)22(33)34)28-20(31)16(8-14-9-24-11-25-14)26-19(30)15(23)7-13-5-3-2-4-6-13/h2-6,9,11-12,15-18,29,35H,7-8,10,23H2,1H3,(H,24,25)(H,26,30)(H,27,32)(H,28,31)(H,33,34). The molecule has 0 aliphatic carbocycles. The summed E-state index contributed by atoms with van der Waals surface area (Å²) in [5.74, 6) is -3.80. The van der Waals surface area contributed by atoms with Gasteiger partial charge in [-0.25, -0.2) is 9.78 Å². The predicted molar refractivity (Wildman–Crippen MR) is 129 cm³/mol. The molecule has 8 N–H and O–H groups in total. The van der Waals surface area contributed by atoms with Gasteiger partial charge in [0.1, 0.15) is 18.1 Å². The second-order valence-electron chi connectivity index (χ2n) is 7.95. The molecule has 0 saturated heterocycles. The number of aliphatic hydroxyl groups is 1. The number of benzene rings is 1. The Morgan fingerprint density at radius 2 is 1.69 bits per heavy atom. The third-order valence-electron chi connectivity index (χ3n) is 5.11. The van der Waals surface area contributed by atoms with Crippen molar-refractivity contribution in [2.75, 3.05) is 5.75 Å². The summed E-state index contributed by atoms with van der Waals surface area (Å²) >= 11 is 3.88. The fourth-order valence-electron chi connectivity index (χ4n) is 3.17. The van der Waals surface area contributed by atoms with Crippen LogP contribution in [0.25, 0.3) is 0 Å².